The summed E-state index contributed by atoms with van der Waals surface area (Å²) in [5.74, 6) is 0. The standard InChI is InChI=1S/C16H22BrN3S/c1-4-7-18-12(2)15-8-13(17)5-6-16(15)20(3)9-14-10-21-11-19-14/h5-6,8,10-12,18H,4,7,9H2,1-3H3. The number of rotatable bonds is 7. The number of nitrogens with one attached hydrogen (secondary N) is 1. The fourth-order valence-electron chi connectivity index (χ4n) is 2.33. The molecule has 114 valence electrons. The van der Waals surface area contributed by atoms with Crippen LogP contribution in [0.4, 0.5) is 5.69 Å². The monoisotopic (exact) mass is 367 g/mol. The van der Waals surface area contributed by atoms with Crippen molar-refractivity contribution >= 4 is 33.0 Å². The molecule has 0 aliphatic heterocycles. The minimum atomic E-state index is 0.329. The van der Waals surface area contributed by atoms with Gasteiger partial charge in [-0.25, -0.2) is 4.98 Å². The largest absolute Gasteiger partial charge is 0.368 e. The molecule has 5 heteroatoms. The van der Waals surface area contributed by atoms with Gasteiger partial charge in [0.05, 0.1) is 17.7 Å². The van der Waals surface area contributed by atoms with Gasteiger partial charge in [0, 0.05) is 28.6 Å². The Balaban J connectivity index is 2.21. The highest BCUT2D eigenvalue weighted by Crippen LogP contribution is 2.29. The molecule has 0 aliphatic carbocycles. The maximum atomic E-state index is 4.38. The Kier molecular flexibility index (Phi) is 6.21. The van der Waals surface area contributed by atoms with E-state index < -0.39 is 0 Å². The van der Waals surface area contributed by atoms with Crippen LogP contribution in [0.2, 0.25) is 0 Å². The molecule has 0 aliphatic rings. The lowest BCUT2D eigenvalue weighted by molar-refractivity contribution is 0.569. The van der Waals surface area contributed by atoms with E-state index in [4.69, 9.17) is 0 Å². The third-order valence-electron chi connectivity index (χ3n) is 3.45. The number of hydrogen-bond donors (Lipinski definition) is 1. The predicted octanol–water partition coefficient (Wildman–Crippen LogP) is 4.60. The molecule has 0 fully saturated rings. The van der Waals surface area contributed by atoms with Gasteiger partial charge in [0.1, 0.15) is 0 Å². The highest BCUT2D eigenvalue weighted by atomic mass is 79.9. The molecule has 0 spiro atoms. The van der Waals surface area contributed by atoms with Crippen LogP contribution in [0.1, 0.15) is 37.6 Å². The highest BCUT2D eigenvalue weighted by molar-refractivity contribution is 9.10. The summed E-state index contributed by atoms with van der Waals surface area (Å²) in [5, 5.41) is 5.67. The van der Waals surface area contributed by atoms with Crippen molar-refractivity contribution < 1.29 is 0 Å². The molecule has 0 bridgehead atoms. The molecule has 1 aromatic heterocycles. The van der Waals surface area contributed by atoms with E-state index in [0.717, 1.165) is 29.7 Å². The summed E-state index contributed by atoms with van der Waals surface area (Å²) in [6.07, 6.45) is 1.14. The van der Waals surface area contributed by atoms with E-state index in [-0.39, 0.29) is 0 Å². The van der Waals surface area contributed by atoms with Gasteiger partial charge < -0.3 is 10.2 Å². The molecular weight excluding hydrogens is 346 g/mol. The molecule has 1 atom stereocenters. The molecule has 0 amide bonds. The molecule has 0 radical (unpaired) electrons. The topological polar surface area (TPSA) is 28.2 Å². The summed E-state index contributed by atoms with van der Waals surface area (Å²) in [6.45, 7) is 6.27. The number of anilines is 1. The first-order valence-corrected chi connectivity index (χ1v) is 8.96. The number of hydrogen-bond acceptors (Lipinski definition) is 4. The Bertz CT molecular complexity index is 557. The zero-order valence-electron chi connectivity index (χ0n) is 12.8. The van der Waals surface area contributed by atoms with Gasteiger partial charge >= 0.3 is 0 Å². The summed E-state index contributed by atoms with van der Waals surface area (Å²) >= 11 is 5.23. The van der Waals surface area contributed by atoms with Gasteiger partial charge in [-0.3, -0.25) is 0 Å². The second-order valence-electron chi connectivity index (χ2n) is 5.21. The quantitative estimate of drug-likeness (QED) is 0.774. The van der Waals surface area contributed by atoms with Gasteiger partial charge in [0.25, 0.3) is 0 Å². The van der Waals surface area contributed by atoms with Crippen LogP contribution in [0.15, 0.2) is 33.6 Å². The number of halogens is 1. The average molecular weight is 368 g/mol. The van der Waals surface area contributed by atoms with Crippen LogP contribution in [0.5, 0.6) is 0 Å². The summed E-state index contributed by atoms with van der Waals surface area (Å²) in [6, 6.07) is 6.81. The third kappa shape index (κ3) is 4.53. The summed E-state index contributed by atoms with van der Waals surface area (Å²) in [7, 11) is 2.12. The van der Waals surface area contributed by atoms with E-state index >= 15 is 0 Å². The zero-order chi connectivity index (χ0) is 15.2. The van der Waals surface area contributed by atoms with Crippen molar-refractivity contribution in [3.63, 3.8) is 0 Å². The molecule has 1 aromatic carbocycles. The van der Waals surface area contributed by atoms with Crippen LogP contribution in [0, 0.1) is 0 Å². The lowest BCUT2D eigenvalue weighted by Crippen LogP contribution is -2.24. The van der Waals surface area contributed by atoms with Crippen molar-refractivity contribution in [2.75, 3.05) is 18.5 Å². The molecule has 2 rings (SSSR count). The molecule has 0 saturated heterocycles. The molecular formula is C16H22BrN3S. The Morgan fingerprint density at radius 1 is 1.43 bits per heavy atom. The van der Waals surface area contributed by atoms with E-state index in [1.165, 1.54) is 11.3 Å². The van der Waals surface area contributed by atoms with Gasteiger partial charge in [-0.15, -0.1) is 11.3 Å². The minimum absolute atomic E-state index is 0.329. The van der Waals surface area contributed by atoms with Crippen molar-refractivity contribution in [2.24, 2.45) is 0 Å². The lowest BCUT2D eigenvalue weighted by atomic mass is 10.0. The average Bonchev–Trinajstić information content (AvgIpc) is 2.97. The summed E-state index contributed by atoms with van der Waals surface area (Å²) in [4.78, 5) is 6.64. The Morgan fingerprint density at radius 3 is 2.90 bits per heavy atom. The molecule has 3 nitrogen and oxygen atoms in total. The van der Waals surface area contributed by atoms with Crippen LogP contribution < -0.4 is 10.2 Å². The highest BCUT2D eigenvalue weighted by Gasteiger charge is 2.14. The van der Waals surface area contributed by atoms with Crippen molar-refractivity contribution in [1.29, 1.82) is 0 Å². The van der Waals surface area contributed by atoms with E-state index in [0.29, 0.717) is 6.04 Å². The van der Waals surface area contributed by atoms with Crippen molar-refractivity contribution in [2.45, 2.75) is 32.9 Å². The molecule has 1 N–H and O–H groups in total. The third-order valence-corrected chi connectivity index (χ3v) is 4.58. The van der Waals surface area contributed by atoms with Crippen molar-refractivity contribution in [3.05, 3.63) is 44.8 Å². The van der Waals surface area contributed by atoms with Gasteiger partial charge in [-0.2, -0.15) is 0 Å². The smallest absolute Gasteiger partial charge is 0.0795 e. The van der Waals surface area contributed by atoms with Crippen LogP contribution in [-0.4, -0.2) is 18.6 Å². The number of benzene rings is 1. The maximum Gasteiger partial charge on any atom is 0.0795 e. The Morgan fingerprint density at radius 2 is 2.24 bits per heavy atom. The number of nitrogens with zero attached hydrogens (tertiary/aromatic N) is 2. The van der Waals surface area contributed by atoms with E-state index in [2.05, 4.69) is 75.6 Å². The Labute approximate surface area is 139 Å². The molecule has 21 heavy (non-hydrogen) atoms. The van der Waals surface area contributed by atoms with Crippen LogP contribution in [0.25, 0.3) is 0 Å². The zero-order valence-corrected chi connectivity index (χ0v) is 15.2. The van der Waals surface area contributed by atoms with Crippen LogP contribution in [-0.2, 0) is 6.54 Å². The van der Waals surface area contributed by atoms with Crippen molar-refractivity contribution in [3.8, 4) is 0 Å². The first-order chi connectivity index (χ1) is 10.1. The second kappa shape index (κ2) is 7.92. The fraction of sp³-hybridized carbons (Fsp3) is 0.438. The molecule has 0 saturated carbocycles. The van der Waals surface area contributed by atoms with Gasteiger partial charge in [0.15, 0.2) is 0 Å². The van der Waals surface area contributed by atoms with Gasteiger partial charge in [0.2, 0.25) is 0 Å². The molecule has 1 unspecified atom stereocenters. The normalized spacial score (nSPS) is 12.4. The summed E-state index contributed by atoms with van der Waals surface area (Å²) in [5.41, 5.74) is 5.57. The van der Waals surface area contributed by atoms with Gasteiger partial charge in [-0.1, -0.05) is 22.9 Å². The van der Waals surface area contributed by atoms with Crippen LogP contribution in [0.3, 0.4) is 0 Å². The first-order valence-electron chi connectivity index (χ1n) is 7.22. The van der Waals surface area contributed by atoms with Gasteiger partial charge in [-0.05, 0) is 43.7 Å². The van der Waals surface area contributed by atoms with E-state index in [1.54, 1.807) is 11.3 Å². The van der Waals surface area contributed by atoms with Crippen molar-refractivity contribution in [1.82, 2.24) is 10.3 Å². The van der Waals surface area contributed by atoms with Crippen LogP contribution >= 0.6 is 27.3 Å². The maximum absolute atomic E-state index is 4.38. The molecule has 1 heterocycles. The number of aromatic nitrogens is 1. The Hall–Kier alpha value is -0.910. The predicted molar refractivity (Wildman–Crippen MR) is 95.1 cm³/mol. The summed E-state index contributed by atoms with van der Waals surface area (Å²) < 4.78 is 1.12. The first kappa shape index (κ1) is 16.5. The van der Waals surface area contributed by atoms with E-state index in [9.17, 15) is 0 Å². The minimum Gasteiger partial charge on any atom is -0.368 e. The molecule has 2 aromatic rings. The SMILES string of the molecule is CCCNC(C)c1cc(Br)ccc1N(C)Cc1cscn1. The lowest BCUT2D eigenvalue weighted by Gasteiger charge is -2.25. The van der Waals surface area contributed by atoms with E-state index in [1.807, 2.05) is 5.51 Å². The number of thiazole rings is 1. The fourth-order valence-corrected chi connectivity index (χ4v) is 3.26. The second-order valence-corrected chi connectivity index (χ2v) is 6.85.